The molecule has 0 atom stereocenters. The highest BCUT2D eigenvalue weighted by molar-refractivity contribution is 7.79. The fourth-order valence-corrected chi connectivity index (χ4v) is 3.72. The molecule has 88 valence electrons. The van der Waals surface area contributed by atoms with Gasteiger partial charge in [-0.05, 0) is 18.5 Å². The van der Waals surface area contributed by atoms with Crippen LogP contribution >= 0.6 is 7.92 Å². The maximum Gasteiger partial charge on any atom is 0.0425 e. The summed E-state index contributed by atoms with van der Waals surface area (Å²) in [6.45, 7) is 0. The van der Waals surface area contributed by atoms with Crippen molar-refractivity contribution in [1.82, 2.24) is 20.6 Å². The number of nitrogens with zero attached hydrogens (tertiary/aromatic N) is 4. The summed E-state index contributed by atoms with van der Waals surface area (Å²) in [6, 6.07) is 20.5. The molecule has 0 amide bonds. The minimum Gasteiger partial charge on any atom is -0.330 e. The Morgan fingerprint density at radius 1 is 0.778 bits per heavy atom. The van der Waals surface area contributed by atoms with Gasteiger partial charge in [-0.25, -0.2) is 0 Å². The topological polar surface area (TPSA) is 52.8 Å². The Kier molecular flexibility index (Phi) is 3.11. The summed E-state index contributed by atoms with van der Waals surface area (Å²) < 4.78 is 0. The minimum atomic E-state index is -0.756. The predicted molar refractivity (Wildman–Crippen MR) is 71.9 cm³/mol. The molecular formula is C13H10N4P-. The molecule has 2 aromatic carbocycles. The molecule has 0 aliphatic rings. The molecular weight excluding hydrogens is 243 g/mol. The SMILES string of the molecule is c1ccc(P(c2ccccc2)c2nnn[n-]2)cc1. The fraction of sp³-hybridized carbons (Fsp3) is 0. The largest absolute Gasteiger partial charge is 0.330 e. The Labute approximate surface area is 106 Å². The molecule has 1 heterocycles. The van der Waals surface area contributed by atoms with Crippen molar-refractivity contribution < 1.29 is 0 Å². The van der Waals surface area contributed by atoms with Crippen LogP contribution in [0.25, 0.3) is 0 Å². The number of tetrazole rings is 1. The van der Waals surface area contributed by atoms with Gasteiger partial charge in [-0.3, -0.25) is 10.3 Å². The maximum atomic E-state index is 4.03. The van der Waals surface area contributed by atoms with Gasteiger partial charge in [0.25, 0.3) is 0 Å². The molecule has 0 fully saturated rings. The van der Waals surface area contributed by atoms with Crippen molar-refractivity contribution in [1.29, 1.82) is 0 Å². The first kappa shape index (κ1) is 11.1. The molecule has 0 saturated heterocycles. The van der Waals surface area contributed by atoms with Gasteiger partial charge in [0.1, 0.15) is 0 Å². The predicted octanol–water partition coefficient (Wildman–Crippen LogP) is 0.587. The van der Waals surface area contributed by atoms with Crippen molar-refractivity contribution in [3.8, 4) is 0 Å². The molecule has 0 radical (unpaired) electrons. The van der Waals surface area contributed by atoms with Gasteiger partial charge in [0.05, 0.1) is 0 Å². The summed E-state index contributed by atoms with van der Waals surface area (Å²) >= 11 is 0. The van der Waals surface area contributed by atoms with Gasteiger partial charge in [0.15, 0.2) is 0 Å². The van der Waals surface area contributed by atoms with E-state index >= 15 is 0 Å². The molecule has 1 aromatic heterocycles. The molecule has 0 N–H and O–H groups in total. The number of benzene rings is 2. The van der Waals surface area contributed by atoms with Crippen molar-refractivity contribution in [3.05, 3.63) is 60.7 Å². The van der Waals surface area contributed by atoms with Gasteiger partial charge in [0.2, 0.25) is 0 Å². The Bertz CT molecular complexity index is 556. The van der Waals surface area contributed by atoms with E-state index in [1.165, 1.54) is 10.6 Å². The highest BCUT2D eigenvalue weighted by atomic mass is 31.1. The Morgan fingerprint density at radius 2 is 1.33 bits per heavy atom. The van der Waals surface area contributed by atoms with Crippen molar-refractivity contribution in [3.63, 3.8) is 0 Å². The lowest BCUT2D eigenvalue weighted by Crippen LogP contribution is -2.24. The van der Waals surface area contributed by atoms with E-state index in [2.05, 4.69) is 44.9 Å². The van der Waals surface area contributed by atoms with E-state index in [0.29, 0.717) is 5.57 Å². The van der Waals surface area contributed by atoms with E-state index in [0.717, 1.165) is 0 Å². The second-order valence-corrected chi connectivity index (χ2v) is 5.79. The highest BCUT2D eigenvalue weighted by Crippen LogP contribution is 2.29. The monoisotopic (exact) mass is 253 g/mol. The Morgan fingerprint density at radius 3 is 1.78 bits per heavy atom. The lowest BCUT2D eigenvalue weighted by molar-refractivity contribution is 0.871. The first-order valence-electron chi connectivity index (χ1n) is 5.54. The molecule has 0 aliphatic carbocycles. The van der Waals surface area contributed by atoms with E-state index in [-0.39, 0.29) is 0 Å². The summed E-state index contributed by atoms with van der Waals surface area (Å²) in [7, 11) is -0.756. The molecule has 0 saturated carbocycles. The third kappa shape index (κ3) is 2.15. The zero-order valence-corrected chi connectivity index (χ0v) is 10.4. The minimum absolute atomic E-state index is 0.697. The molecule has 3 aromatic rings. The Hall–Kier alpha value is -2.06. The second kappa shape index (κ2) is 5.07. The Balaban J connectivity index is 2.11. The zero-order chi connectivity index (χ0) is 12.2. The van der Waals surface area contributed by atoms with Crippen molar-refractivity contribution in [2.24, 2.45) is 0 Å². The second-order valence-electron chi connectivity index (χ2n) is 3.69. The van der Waals surface area contributed by atoms with E-state index in [1.807, 2.05) is 36.4 Å². The van der Waals surface area contributed by atoms with Crippen molar-refractivity contribution >= 4 is 24.1 Å². The number of hydrogen-bond acceptors (Lipinski definition) is 3. The molecule has 0 bridgehead atoms. The van der Waals surface area contributed by atoms with Crippen LogP contribution in [0.5, 0.6) is 0 Å². The van der Waals surface area contributed by atoms with Crippen LogP contribution < -0.4 is 21.3 Å². The van der Waals surface area contributed by atoms with E-state index in [4.69, 9.17) is 0 Å². The average Bonchev–Trinajstić information content (AvgIpc) is 2.95. The van der Waals surface area contributed by atoms with Crippen LogP contribution in [0.1, 0.15) is 0 Å². The molecule has 3 rings (SSSR count). The van der Waals surface area contributed by atoms with Gasteiger partial charge in [-0.2, -0.15) is 5.21 Å². The number of aromatic nitrogens is 4. The first-order valence-corrected chi connectivity index (χ1v) is 6.88. The molecule has 5 heteroatoms. The number of hydrogen-bond donors (Lipinski definition) is 0. The zero-order valence-electron chi connectivity index (χ0n) is 9.51. The lowest BCUT2D eigenvalue weighted by atomic mass is 10.4. The fourth-order valence-electron chi connectivity index (χ4n) is 1.76. The molecule has 0 aliphatic heterocycles. The normalized spacial score (nSPS) is 10.7. The highest BCUT2D eigenvalue weighted by Gasteiger charge is 2.14. The first-order chi connectivity index (χ1) is 8.95. The van der Waals surface area contributed by atoms with E-state index in [1.54, 1.807) is 0 Å². The van der Waals surface area contributed by atoms with Crippen molar-refractivity contribution in [2.75, 3.05) is 0 Å². The molecule has 0 unspecified atom stereocenters. The smallest absolute Gasteiger partial charge is 0.0425 e. The summed E-state index contributed by atoms with van der Waals surface area (Å²) in [5.41, 5.74) is 0.697. The van der Waals surface area contributed by atoms with E-state index < -0.39 is 7.92 Å². The van der Waals surface area contributed by atoms with Gasteiger partial charge in [-0.15, -0.1) is 0 Å². The van der Waals surface area contributed by atoms with Crippen LogP contribution in [0.2, 0.25) is 0 Å². The van der Waals surface area contributed by atoms with Crippen LogP contribution in [0, 0.1) is 0 Å². The molecule has 4 nitrogen and oxygen atoms in total. The molecule has 18 heavy (non-hydrogen) atoms. The average molecular weight is 253 g/mol. The van der Waals surface area contributed by atoms with Crippen molar-refractivity contribution in [2.45, 2.75) is 0 Å². The third-order valence-electron chi connectivity index (χ3n) is 2.54. The van der Waals surface area contributed by atoms with Gasteiger partial charge in [-0.1, -0.05) is 60.7 Å². The van der Waals surface area contributed by atoms with Crippen LogP contribution in [0.4, 0.5) is 0 Å². The van der Waals surface area contributed by atoms with Crippen LogP contribution in [0.15, 0.2) is 60.7 Å². The number of rotatable bonds is 3. The summed E-state index contributed by atoms with van der Waals surface area (Å²) in [4.78, 5) is 0. The van der Waals surface area contributed by atoms with Gasteiger partial charge in [0, 0.05) is 5.57 Å². The van der Waals surface area contributed by atoms with Gasteiger partial charge >= 0.3 is 0 Å². The quantitative estimate of drug-likeness (QED) is 0.641. The van der Waals surface area contributed by atoms with E-state index in [9.17, 15) is 0 Å². The molecule has 0 spiro atoms. The summed E-state index contributed by atoms with van der Waals surface area (Å²) in [5, 5.41) is 17.7. The maximum absolute atomic E-state index is 4.03. The summed E-state index contributed by atoms with van der Waals surface area (Å²) in [6.07, 6.45) is 0. The lowest BCUT2D eigenvalue weighted by Gasteiger charge is -2.18. The standard InChI is InChI=1S/C13H10N4P/c1-3-7-11(8-4-1)18(13-14-16-17-15-13)12-9-5-2-6-10-12/h1-10H/q-1. The van der Waals surface area contributed by atoms with Crippen LogP contribution in [-0.4, -0.2) is 15.5 Å². The third-order valence-corrected chi connectivity index (χ3v) is 4.75. The van der Waals surface area contributed by atoms with Crippen LogP contribution in [0.3, 0.4) is 0 Å². The summed E-state index contributed by atoms with van der Waals surface area (Å²) in [5.74, 6) is 0. The van der Waals surface area contributed by atoms with Crippen LogP contribution in [-0.2, 0) is 0 Å². The van der Waals surface area contributed by atoms with Gasteiger partial charge < -0.3 is 5.10 Å².